The molecule has 2 heterocycles. The first-order valence-electron chi connectivity index (χ1n) is 6.64. The fraction of sp³-hybridized carbons (Fsp3) is 0.615. The van der Waals surface area contributed by atoms with E-state index >= 15 is 0 Å². The zero-order valence-electron chi connectivity index (χ0n) is 12.1. The van der Waals surface area contributed by atoms with Gasteiger partial charge in [0.25, 0.3) is 0 Å². The maximum absolute atomic E-state index is 11.9. The van der Waals surface area contributed by atoms with E-state index < -0.39 is 5.60 Å². The van der Waals surface area contributed by atoms with Gasteiger partial charge in [0.05, 0.1) is 10.5 Å². The van der Waals surface area contributed by atoms with Crippen LogP contribution in [0.5, 0.6) is 0 Å². The van der Waals surface area contributed by atoms with E-state index in [0.29, 0.717) is 5.95 Å². The van der Waals surface area contributed by atoms with E-state index in [4.69, 9.17) is 4.74 Å². The lowest BCUT2D eigenvalue weighted by Gasteiger charge is -2.25. The molecule has 1 aliphatic heterocycles. The van der Waals surface area contributed by atoms with E-state index in [1.54, 1.807) is 12.4 Å². The molecule has 6 nitrogen and oxygen atoms in total. The predicted molar refractivity (Wildman–Crippen MR) is 92.7 cm³/mol. The molecule has 1 saturated heterocycles. The van der Waals surface area contributed by atoms with Crippen molar-refractivity contribution in [2.45, 2.75) is 42.9 Å². The highest BCUT2D eigenvalue weighted by Crippen LogP contribution is 2.27. The Balaban J connectivity index is 1.96. The van der Waals surface area contributed by atoms with Crippen LogP contribution in [0.25, 0.3) is 0 Å². The van der Waals surface area contributed by atoms with Gasteiger partial charge in [-0.05, 0) is 43.1 Å². The number of hydrogen-bond donors (Lipinski definition) is 1. The van der Waals surface area contributed by atoms with Crippen molar-refractivity contribution in [2.24, 2.45) is 0 Å². The van der Waals surface area contributed by atoms with Gasteiger partial charge in [0, 0.05) is 18.9 Å². The second-order valence-corrected chi connectivity index (χ2v) is 8.00. The fourth-order valence-electron chi connectivity index (χ4n) is 2.02. The number of nitrogens with one attached hydrogen (secondary N) is 1. The summed E-state index contributed by atoms with van der Waals surface area (Å²) in [5.41, 5.74) is -0.488. The van der Waals surface area contributed by atoms with Crippen molar-refractivity contribution >= 4 is 50.6 Å². The van der Waals surface area contributed by atoms with Crippen molar-refractivity contribution in [2.75, 3.05) is 11.4 Å². The van der Waals surface area contributed by atoms with Crippen molar-refractivity contribution in [1.29, 1.82) is 0 Å². The number of nitrogens with zero attached hydrogens (tertiary/aromatic N) is 3. The molecule has 0 spiro atoms. The first-order valence-corrected chi connectivity index (χ1v) is 8.68. The maximum Gasteiger partial charge on any atom is 0.407 e. The Morgan fingerprint density at radius 3 is 2.67 bits per heavy atom. The molecule has 1 amide bonds. The van der Waals surface area contributed by atoms with E-state index in [1.165, 1.54) is 0 Å². The number of amides is 1. The minimum atomic E-state index is -0.488. The Morgan fingerprint density at radius 2 is 2.10 bits per heavy atom. The third kappa shape index (κ3) is 4.67. The number of carbonyl (C=O) groups is 1. The molecule has 0 radical (unpaired) electrons. The minimum absolute atomic E-state index is 0.0210. The highest BCUT2D eigenvalue weighted by molar-refractivity contribution is 14.1. The van der Waals surface area contributed by atoms with Gasteiger partial charge >= 0.3 is 6.09 Å². The molecule has 2 atom stereocenters. The van der Waals surface area contributed by atoms with Crippen molar-refractivity contribution in [3.8, 4) is 0 Å². The van der Waals surface area contributed by atoms with Crippen LogP contribution in [0.1, 0.15) is 27.2 Å². The summed E-state index contributed by atoms with van der Waals surface area (Å²) in [6.45, 7) is 6.36. The summed E-state index contributed by atoms with van der Waals surface area (Å²) in [5, 5.41) is 2.92. The number of aromatic nitrogens is 2. The van der Waals surface area contributed by atoms with Crippen LogP contribution in [-0.2, 0) is 4.74 Å². The number of alkyl halides is 1. The van der Waals surface area contributed by atoms with Gasteiger partial charge in [-0.2, -0.15) is 0 Å². The van der Waals surface area contributed by atoms with E-state index in [9.17, 15) is 4.79 Å². The molecule has 8 heteroatoms. The standard InChI is InChI=1S/C13H18BrIN4O2/c1-13(2,3)21-12(20)18-9-4-5-19(10(9)15)11-16-6-8(14)7-17-11/h6-7,9-10H,4-5H2,1-3H3,(H,18,20). The first kappa shape index (κ1) is 16.7. The van der Waals surface area contributed by atoms with Crippen LogP contribution in [-0.4, -0.2) is 38.3 Å². The molecule has 21 heavy (non-hydrogen) atoms. The van der Waals surface area contributed by atoms with E-state index in [-0.39, 0.29) is 16.2 Å². The molecule has 1 aromatic heterocycles. The number of hydrogen-bond acceptors (Lipinski definition) is 5. The Morgan fingerprint density at radius 1 is 1.48 bits per heavy atom. The predicted octanol–water partition coefficient (Wildman–Crippen LogP) is 3.10. The molecule has 1 aliphatic rings. The molecular weight excluding hydrogens is 451 g/mol. The van der Waals surface area contributed by atoms with Gasteiger partial charge in [0.15, 0.2) is 0 Å². The number of halogens is 2. The topological polar surface area (TPSA) is 67.3 Å². The molecular formula is C13H18BrIN4O2. The van der Waals surface area contributed by atoms with Crippen LogP contribution in [0, 0.1) is 0 Å². The molecule has 2 rings (SSSR count). The molecule has 0 bridgehead atoms. The molecule has 116 valence electrons. The number of anilines is 1. The molecule has 0 aromatic carbocycles. The van der Waals surface area contributed by atoms with Gasteiger partial charge in [-0.15, -0.1) is 0 Å². The van der Waals surface area contributed by atoms with Crippen LogP contribution >= 0.6 is 38.5 Å². The molecule has 1 aromatic rings. The quantitative estimate of drug-likeness (QED) is 0.410. The average molecular weight is 469 g/mol. The second kappa shape index (κ2) is 6.64. The molecule has 0 saturated carbocycles. The molecule has 2 unspecified atom stereocenters. The fourth-order valence-corrected chi connectivity index (χ4v) is 3.29. The maximum atomic E-state index is 11.9. The number of alkyl carbamates (subject to hydrolysis) is 1. The van der Waals surface area contributed by atoms with E-state index in [1.807, 2.05) is 20.8 Å². The Kier molecular flexibility index (Phi) is 5.29. The summed E-state index contributed by atoms with van der Waals surface area (Å²) in [7, 11) is 0. The SMILES string of the molecule is CC(C)(C)OC(=O)NC1CCN(c2ncc(Br)cn2)C1I. The van der Waals surface area contributed by atoms with Crippen LogP contribution < -0.4 is 10.2 Å². The average Bonchev–Trinajstić information content (AvgIpc) is 2.70. The Labute approximate surface area is 146 Å². The second-order valence-electron chi connectivity index (χ2n) is 5.81. The van der Waals surface area contributed by atoms with Crippen LogP contribution in [0.15, 0.2) is 16.9 Å². The van der Waals surface area contributed by atoms with E-state index in [2.05, 4.69) is 58.7 Å². The van der Waals surface area contributed by atoms with E-state index in [0.717, 1.165) is 17.4 Å². The largest absolute Gasteiger partial charge is 0.444 e. The first-order chi connectivity index (χ1) is 9.76. The normalized spacial score (nSPS) is 22.2. The van der Waals surface area contributed by atoms with Crippen LogP contribution in [0.4, 0.5) is 10.7 Å². The molecule has 1 fully saturated rings. The summed E-state index contributed by atoms with van der Waals surface area (Å²) in [4.78, 5) is 22.5. The van der Waals surface area contributed by atoms with Crippen molar-refractivity contribution in [3.05, 3.63) is 16.9 Å². The third-order valence-electron chi connectivity index (χ3n) is 2.88. The highest BCUT2D eigenvalue weighted by atomic mass is 127. The smallest absolute Gasteiger partial charge is 0.407 e. The minimum Gasteiger partial charge on any atom is -0.444 e. The van der Waals surface area contributed by atoms with Crippen LogP contribution in [0.2, 0.25) is 0 Å². The zero-order valence-corrected chi connectivity index (χ0v) is 15.9. The highest BCUT2D eigenvalue weighted by Gasteiger charge is 2.35. The number of ether oxygens (including phenoxy) is 1. The lowest BCUT2D eigenvalue weighted by molar-refractivity contribution is 0.0508. The van der Waals surface area contributed by atoms with Gasteiger partial charge < -0.3 is 15.0 Å². The molecule has 0 aliphatic carbocycles. The zero-order chi connectivity index (χ0) is 15.6. The lowest BCUT2D eigenvalue weighted by Crippen LogP contribution is -2.44. The third-order valence-corrected chi connectivity index (χ3v) is 4.83. The number of carbonyl (C=O) groups excluding carboxylic acids is 1. The Hall–Kier alpha value is -0.640. The van der Waals surface area contributed by atoms with Gasteiger partial charge in [0.2, 0.25) is 5.95 Å². The summed E-state index contributed by atoms with van der Waals surface area (Å²) in [5.74, 6) is 0.672. The summed E-state index contributed by atoms with van der Waals surface area (Å²) >= 11 is 5.63. The van der Waals surface area contributed by atoms with Crippen LogP contribution in [0.3, 0.4) is 0 Å². The monoisotopic (exact) mass is 468 g/mol. The van der Waals surface area contributed by atoms with Gasteiger partial charge in [-0.1, -0.05) is 22.6 Å². The summed E-state index contributed by atoms with van der Waals surface area (Å²) in [6, 6.07) is 0.0210. The molecule has 1 N–H and O–H groups in total. The number of rotatable bonds is 2. The van der Waals surface area contributed by atoms with Gasteiger partial charge in [-0.25, -0.2) is 14.8 Å². The Bertz CT molecular complexity index is 506. The van der Waals surface area contributed by atoms with Crippen molar-refractivity contribution in [3.63, 3.8) is 0 Å². The van der Waals surface area contributed by atoms with Gasteiger partial charge in [0.1, 0.15) is 9.65 Å². The van der Waals surface area contributed by atoms with Crippen molar-refractivity contribution < 1.29 is 9.53 Å². The lowest BCUT2D eigenvalue weighted by atomic mass is 10.2. The summed E-state index contributed by atoms with van der Waals surface area (Å²) < 4.78 is 6.24. The van der Waals surface area contributed by atoms with Crippen molar-refractivity contribution in [1.82, 2.24) is 15.3 Å². The van der Waals surface area contributed by atoms with Gasteiger partial charge in [-0.3, -0.25) is 0 Å². The summed E-state index contributed by atoms with van der Waals surface area (Å²) in [6.07, 6.45) is 3.90.